The molecule has 1 N–H and O–H groups in total. The molecule has 30 heavy (non-hydrogen) atoms. The van der Waals surface area contributed by atoms with Gasteiger partial charge in [0.2, 0.25) is 0 Å². The fraction of sp³-hybridized carbons (Fsp3) is 0.333. The molecule has 0 saturated heterocycles. The van der Waals surface area contributed by atoms with Gasteiger partial charge in [-0.15, -0.1) is 0 Å². The van der Waals surface area contributed by atoms with Gasteiger partial charge in [-0.25, -0.2) is 4.98 Å². The van der Waals surface area contributed by atoms with Crippen molar-refractivity contribution >= 4 is 11.3 Å². The number of fused-ring (bicyclic) bond motifs is 5. The van der Waals surface area contributed by atoms with E-state index >= 15 is 0 Å². The Morgan fingerprint density at radius 3 is 2.33 bits per heavy atom. The Bertz CT molecular complexity index is 1270. The van der Waals surface area contributed by atoms with E-state index in [0.717, 1.165) is 30.8 Å². The van der Waals surface area contributed by atoms with E-state index in [1.807, 2.05) is 6.20 Å². The van der Waals surface area contributed by atoms with Crippen molar-refractivity contribution in [2.75, 3.05) is 0 Å². The van der Waals surface area contributed by atoms with Crippen molar-refractivity contribution in [2.45, 2.75) is 52.9 Å². The van der Waals surface area contributed by atoms with Crippen LogP contribution in [0.15, 0.2) is 47.2 Å². The molecule has 2 aliphatic carbocycles. The quantitative estimate of drug-likeness (QED) is 0.422. The van der Waals surface area contributed by atoms with Gasteiger partial charge in [-0.3, -0.25) is 4.99 Å². The van der Waals surface area contributed by atoms with E-state index in [1.165, 1.54) is 55.9 Å². The van der Waals surface area contributed by atoms with E-state index in [1.54, 1.807) is 0 Å². The van der Waals surface area contributed by atoms with E-state index in [2.05, 4.69) is 68.0 Å². The second-order valence-electron chi connectivity index (χ2n) is 9.59. The molecule has 3 aromatic rings. The van der Waals surface area contributed by atoms with Gasteiger partial charge >= 0.3 is 0 Å². The Morgan fingerprint density at radius 1 is 0.800 bits per heavy atom. The predicted octanol–water partition coefficient (Wildman–Crippen LogP) is 6.54. The van der Waals surface area contributed by atoms with E-state index in [-0.39, 0.29) is 0 Å². The van der Waals surface area contributed by atoms with Crippen molar-refractivity contribution in [1.82, 2.24) is 9.97 Å². The molecule has 0 bridgehead atoms. The van der Waals surface area contributed by atoms with Crippen LogP contribution in [0.2, 0.25) is 0 Å². The summed E-state index contributed by atoms with van der Waals surface area (Å²) in [4.78, 5) is 13.0. The van der Waals surface area contributed by atoms with Gasteiger partial charge in [-0.05, 0) is 69.0 Å². The number of hydrogen-bond acceptors (Lipinski definition) is 2. The molecule has 3 nitrogen and oxygen atoms in total. The molecule has 2 heterocycles. The monoisotopic (exact) mass is 393 g/mol. The van der Waals surface area contributed by atoms with Gasteiger partial charge in [0.25, 0.3) is 0 Å². The van der Waals surface area contributed by atoms with Gasteiger partial charge in [-0.1, -0.05) is 45.9 Å². The van der Waals surface area contributed by atoms with Gasteiger partial charge in [-0.2, -0.15) is 0 Å². The standard InChI is InChI=1S/C27H27N3/c1-14(2)24-12-23-22-9-18-8-17-7-16(26-13-28-27(30-26)15(3)4)5-6-20(17)21(18)10-19(22)11-25(23)29-24/h5-7,9-10,13-15H,8,11-12H2,1-4H3,(H,28,30). The Kier molecular flexibility index (Phi) is 3.74. The molecule has 3 heteroatoms. The fourth-order valence-electron chi connectivity index (χ4n) is 5.14. The van der Waals surface area contributed by atoms with Crippen LogP contribution in [0.25, 0.3) is 28.0 Å². The molecule has 6 rings (SSSR count). The van der Waals surface area contributed by atoms with Crippen molar-refractivity contribution in [3.63, 3.8) is 0 Å². The number of allylic oxidation sites excluding steroid dienone is 2. The molecule has 0 spiro atoms. The highest BCUT2D eigenvalue weighted by Crippen LogP contribution is 2.46. The minimum atomic E-state index is 0.412. The molecule has 0 fully saturated rings. The van der Waals surface area contributed by atoms with Crippen molar-refractivity contribution in [3.05, 3.63) is 70.3 Å². The van der Waals surface area contributed by atoms with Gasteiger partial charge < -0.3 is 4.98 Å². The lowest BCUT2D eigenvalue weighted by Crippen LogP contribution is -2.05. The predicted molar refractivity (Wildman–Crippen MR) is 124 cm³/mol. The highest BCUT2D eigenvalue weighted by atomic mass is 14.9. The lowest BCUT2D eigenvalue weighted by molar-refractivity contribution is 0.795. The van der Waals surface area contributed by atoms with Crippen molar-refractivity contribution in [1.29, 1.82) is 0 Å². The average Bonchev–Trinajstić information content (AvgIpc) is 3.47. The topological polar surface area (TPSA) is 41.0 Å². The summed E-state index contributed by atoms with van der Waals surface area (Å²) in [6, 6.07) is 11.8. The largest absolute Gasteiger partial charge is 0.342 e. The number of aromatic nitrogens is 2. The fourth-order valence-corrected chi connectivity index (χ4v) is 5.14. The molecule has 3 aliphatic rings. The molecule has 2 aromatic carbocycles. The summed E-state index contributed by atoms with van der Waals surface area (Å²) in [5.74, 6) is 2.00. The molecule has 1 aromatic heterocycles. The van der Waals surface area contributed by atoms with Gasteiger partial charge in [0, 0.05) is 30.2 Å². The first-order chi connectivity index (χ1) is 14.5. The van der Waals surface area contributed by atoms with E-state index in [4.69, 9.17) is 4.99 Å². The number of nitrogens with zero attached hydrogens (tertiary/aromatic N) is 2. The number of rotatable bonds is 3. The summed E-state index contributed by atoms with van der Waals surface area (Å²) in [5.41, 5.74) is 15.1. The maximum atomic E-state index is 4.96. The number of hydrogen-bond donors (Lipinski definition) is 1. The number of H-pyrrole nitrogens is 1. The van der Waals surface area contributed by atoms with Crippen LogP contribution in [0.5, 0.6) is 0 Å². The summed E-state index contributed by atoms with van der Waals surface area (Å²) < 4.78 is 0. The maximum Gasteiger partial charge on any atom is 0.109 e. The zero-order chi connectivity index (χ0) is 20.6. The Balaban J connectivity index is 1.34. The summed E-state index contributed by atoms with van der Waals surface area (Å²) in [6.07, 6.45) is 5.01. The summed E-state index contributed by atoms with van der Waals surface area (Å²) >= 11 is 0. The average molecular weight is 394 g/mol. The Labute approximate surface area is 178 Å². The summed E-state index contributed by atoms with van der Waals surface area (Å²) in [7, 11) is 0. The minimum Gasteiger partial charge on any atom is -0.342 e. The summed E-state index contributed by atoms with van der Waals surface area (Å²) in [5, 5.41) is 0. The van der Waals surface area contributed by atoms with Gasteiger partial charge in [0.1, 0.15) is 5.82 Å². The van der Waals surface area contributed by atoms with Crippen LogP contribution in [-0.2, 0) is 12.8 Å². The maximum absolute atomic E-state index is 4.96. The first-order valence-corrected chi connectivity index (χ1v) is 11.1. The zero-order valence-electron chi connectivity index (χ0n) is 18.1. The third-order valence-electron chi connectivity index (χ3n) is 6.89. The van der Waals surface area contributed by atoms with Crippen LogP contribution >= 0.6 is 0 Å². The van der Waals surface area contributed by atoms with Crippen LogP contribution in [0, 0.1) is 5.92 Å². The van der Waals surface area contributed by atoms with Crippen molar-refractivity contribution in [3.8, 4) is 22.4 Å². The van der Waals surface area contributed by atoms with Crippen LogP contribution < -0.4 is 0 Å². The Morgan fingerprint density at radius 2 is 1.57 bits per heavy atom. The summed E-state index contributed by atoms with van der Waals surface area (Å²) in [6.45, 7) is 8.84. The molecule has 0 atom stereocenters. The molecule has 0 amide bonds. The highest BCUT2D eigenvalue weighted by molar-refractivity contribution is 6.03. The lowest BCUT2D eigenvalue weighted by Gasteiger charge is -2.11. The van der Waals surface area contributed by atoms with E-state index < -0.39 is 0 Å². The second-order valence-corrected chi connectivity index (χ2v) is 9.59. The van der Waals surface area contributed by atoms with Crippen molar-refractivity contribution < 1.29 is 0 Å². The number of benzene rings is 2. The molecule has 0 unspecified atom stereocenters. The number of nitrogens with one attached hydrogen (secondary N) is 1. The molecule has 0 radical (unpaired) electrons. The van der Waals surface area contributed by atoms with Crippen LogP contribution in [0.1, 0.15) is 68.1 Å². The smallest absolute Gasteiger partial charge is 0.109 e. The second kappa shape index (κ2) is 6.28. The number of aliphatic imine (C=N–C) groups is 1. The third kappa shape index (κ3) is 2.57. The number of aromatic amines is 1. The third-order valence-corrected chi connectivity index (χ3v) is 6.89. The molecular weight excluding hydrogens is 366 g/mol. The van der Waals surface area contributed by atoms with Crippen LogP contribution in [0.3, 0.4) is 0 Å². The molecule has 1 aliphatic heterocycles. The van der Waals surface area contributed by atoms with E-state index in [9.17, 15) is 0 Å². The van der Waals surface area contributed by atoms with Crippen LogP contribution in [-0.4, -0.2) is 15.7 Å². The first-order valence-electron chi connectivity index (χ1n) is 11.1. The van der Waals surface area contributed by atoms with E-state index in [0.29, 0.717) is 11.8 Å². The van der Waals surface area contributed by atoms with Gasteiger partial charge in [0.15, 0.2) is 0 Å². The normalized spacial score (nSPS) is 16.3. The Hall–Kier alpha value is -2.94. The molecular formula is C27H27N3. The molecule has 150 valence electrons. The SMILES string of the molecule is CC(C)C1=NC2=C(C1)c1cc3c(cc1C2)-c1ccc(-c2cnc(C(C)C)[nH]2)cc1C3. The van der Waals surface area contributed by atoms with Crippen molar-refractivity contribution in [2.24, 2.45) is 10.9 Å². The number of imidazole rings is 1. The lowest BCUT2D eigenvalue weighted by atomic mass is 9.93. The van der Waals surface area contributed by atoms with Crippen LogP contribution in [0.4, 0.5) is 0 Å². The first kappa shape index (κ1) is 17.9. The zero-order valence-corrected chi connectivity index (χ0v) is 18.1. The minimum absolute atomic E-state index is 0.412. The molecule has 0 saturated carbocycles. The highest BCUT2D eigenvalue weighted by Gasteiger charge is 2.31. The van der Waals surface area contributed by atoms with Gasteiger partial charge in [0.05, 0.1) is 11.9 Å².